The topological polar surface area (TPSA) is 82.6 Å². The lowest BCUT2D eigenvalue weighted by Gasteiger charge is -2.31. The number of aromatic amines is 1. The first-order valence-electron chi connectivity index (χ1n) is 9.42. The number of piperidine rings is 1. The summed E-state index contributed by atoms with van der Waals surface area (Å²) in [6, 6.07) is 8.12. The molecule has 27 heavy (non-hydrogen) atoms. The van der Waals surface area contributed by atoms with E-state index in [9.17, 15) is 0 Å². The van der Waals surface area contributed by atoms with Gasteiger partial charge >= 0.3 is 0 Å². The molecule has 7 nitrogen and oxygen atoms in total. The lowest BCUT2D eigenvalue weighted by molar-refractivity contribution is 0.199. The van der Waals surface area contributed by atoms with Gasteiger partial charge in [-0.1, -0.05) is 6.07 Å². The van der Waals surface area contributed by atoms with Crippen LogP contribution in [0.3, 0.4) is 0 Å². The van der Waals surface area contributed by atoms with Gasteiger partial charge < -0.3 is 10.3 Å². The summed E-state index contributed by atoms with van der Waals surface area (Å²) in [7, 11) is 0. The van der Waals surface area contributed by atoms with Gasteiger partial charge in [0.15, 0.2) is 0 Å². The molecule has 4 rings (SSSR count). The highest BCUT2D eigenvalue weighted by Crippen LogP contribution is 2.28. The van der Waals surface area contributed by atoms with Crippen LogP contribution >= 0.6 is 0 Å². The third kappa shape index (κ3) is 4.49. The molecule has 0 bridgehead atoms. The Labute approximate surface area is 159 Å². The van der Waals surface area contributed by atoms with E-state index in [0.29, 0.717) is 11.9 Å². The zero-order chi connectivity index (χ0) is 18.6. The maximum absolute atomic E-state index is 4.82. The van der Waals surface area contributed by atoms with Crippen molar-refractivity contribution >= 4 is 11.8 Å². The van der Waals surface area contributed by atoms with Crippen LogP contribution in [-0.2, 0) is 6.54 Å². The van der Waals surface area contributed by atoms with Crippen molar-refractivity contribution < 1.29 is 0 Å². The summed E-state index contributed by atoms with van der Waals surface area (Å²) in [6.45, 7) is 6.95. The van der Waals surface area contributed by atoms with Gasteiger partial charge in [-0.25, -0.2) is 19.9 Å². The van der Waals surface area contributed by atoms with Gasteiger partial charge in [-0.2, -0.15) is 0 Å². The van der Waals surface area contributed by atoms with E-state index in [1.165, 1.54) is 0 Å². The van der Waals surface area contributed by atoms with Gasteiger partial charge in [0.25, 0.3) is 0 Å². The van der Waals surface area contributed by atoms with E-state index in [-0.39, 0.29) is 0 Å². The normalized spacial score (nSPS) is 15.8. The molecule has 3 aromatic rings. The van der Waals surface area contributed by atoms with Crippen LogP contribution in [0, 0.1) is 13.8 Å². The summed E-state index contributed by atoms with van der Waals surface area (Å²) in [6.07, 6.45) is 5.91. The molecule has 3 aromatic heterocycles. The number of anilines is 2. The first-order chi connectivity index (χ1) is 13.2. The molecule has 1 fully saturated rings. The van der Waals surface area contributed by atoms with Crippen LogP contribution in [0.2, 0.25) is 0 Å². The van der Waals surface area contributed by atoms with Crippen LogP contribution in [0.1, 0.15) is 41.7 Å². The Bertz CT molecular complexity index is 863. The molecule has 1 aliphatic rings. The highest BCUT2D eigenvalue weighted by Gasteiger charge is 2.22. The maximum Gasteiger partial charge on any atom is 0.228 e. The molecule has 0 atom stereocenters. The monoisotopic (exact) mass is 363 g/mol. The van der Waals surface area contributed by atoms with E-state index in [4.69, 9.17) is 4.98 Å². The van der Waals surface area contributed by atoms with Crippen molar-refractivity contribution in [2.24, 2.45) is 0 Å². The van der Waals surface area contributed by atoms with Crippen LogP contribution < -0.4 is 5.32 Å². The Balaban J connectivity index is 1.39. The van der Waals surface area contributed by atoms with Crippen molar-refractivity contribution in [1.29, 1.82) is 0 Å². The highest BCUT2D eigenvalue weighted by atomic mass is 15.2. The number of nitrogens with zero attached hydrogens (tertiary/aromatic N) is 5. The zero-order valence-electron chi connectivity index (χ0n) is 15.8. The molecule has 0 amide bonds. The number of nitrogens with one attached hydrogen (secondary N) is 2. The summed E-state index contributed by atoms with van der Waals surface area (Å²) in [5.41, 5.74) is 3.04. The second-order valence-electron chi connectivity index (χ2n) is 7.13. The molecule has 0 aromatic carbocycles. The zero-order valence-corrected chi connectivity index (χ0v) is 15.8. The van der Waals surface area contributed by atoms with Gasteiger partial charge in [0.2, 0.25) is 5.95 Å². The number of rotatable bonds is 5. The fourth-order valence-corrected chi connectivity index (χ4v) is 3.63. The van der Waals surface area contributed by atoms with Crippen LogP contribution in [-0.4, -0.2) is 42.9 Å². The Morgan fingerprint density at radius 3 is 2.59 bits per heavy atom. The minimum atomic E-state index is 0.486. The van der Waals surface area contributed by atoms with Gasteiger partial charge in [-0.3, -0.25) is 4.90 Å². The molecule has 2 N–H and O–H groups in total. The average molecular weight is 363 g/mol. The lowest BCUT2D eigenvalue weighted by Crippen LogP contribution is -2.33. The number of pyridine rings is 1. The Hall–Kier alpha value is -2.80. The predicted octanol–water partition coefficient (Wildman–Crippen LogP) is 3.33. The van der Waals surface area contributed by atoms with Crippen molar-refractivity contribution in [2.45, 2.75) is 39.2 Å². The lowest BCUT2D eigenvalue weighted by atomic mass is 9.93. The van der Waals surface area contributed by atoms with Crippen molar-refractivity contribution in [3.05, 3.63) is 59.6 Å². The Kier molecular flexibility index (Phi) is 5.11. The Morgan fingerprint density at radius 1 is 1.11 bits per heavy atom. The molecule has 0 saturated carbocycles. The minimum Gasteiger partial charge on any atom is -0.348 e. The summed E-state index contributed by atoms with van der Waals surface area (Å²) < 4.78 is 0. The number of H-pyrrole nitrogens is 1. The molecule has 0 aliphatic carbocycles. The van der Waals surface area contributed by atoms with Gasteiger partial charge in [-0.15, -0.1) is 0 Å². The van der Waals surface area contributed by atoms with Crippen LogP contribution in [0.15, 0.2) is 36.7 Å². The number of aromatic nitrogens is 5. The molecule has 4 heterocycles. The molecule has 0 unspecified atom stereocenters. The molecular formula is C20H25N7. The minimum absolute atomic E-state index is 0.486. The van der Waals surface area contributed by atoms with E-state index in [1.54, 1.807) is 0 Å². The van der Waals surface area contributed by atoms with E-state index in [1.807, 2.05) is 38.4 Å². The van der Waals surface area contributed by atoms with E-state index in [2.05, 4.69) is 42.3 Å². The second kappa shape index (κ2) is 7.84. The van der Waals surface area contributed by atoms with Crippen LogP contribution in [0.5, 0.6) is 0 Å². The third-order valence-electron chi connectivity index (χ3n) is 4.93. The number of hydrogen-bond donors (Lipinski definition) is 2. The van der Waals surface area contributed by atoms with Crippen molar-refractivity contribution in [2.75, 3.05) is 18.4 Å². The van der Waals surface area contributed by atoms with Gasteiger partial charge in [0.1, 0.15) is 11.6 Å². The quantitative estimate of drug-likeness (QED) is 0.723. The molecule has 1 aliphatic heterocycles. The van der Waals surface area contributed by atoms with Gasteiger partial charge in [0, 0.05) is 35.4 Å². The molecule has 1 saturated heterocycles. The SMILES string of the molecule is Cc1cc(C)nc(Nc2cccc(C3CCN(Cc4ncc[nH]4)CC3)n2)n1. The number of imidazole rings is 1. The molecule has 140 valence electrons. The maximum atomic E-state index is 4.82. The molecule has 0 spiro atoms. The number of likely N-dealkylation sites (tertiary alicyclic amines) is 1. The van der Waals surface area contributed by atoms with E-state index in [0.717, 1.165) is 61.2 Å². The summed E-state index contributed by atoms with van der Waals surface area (Å²) in [5, 5.41) is 3.25. The fourth-order valence-electron chi connectivity index (χ4n) is 3.63. The number of hydrogen-bond acceptors (Lipinski definition) is 6. The van der Waals surface area contributed by atoms with E-state index >= 15 is 0 Å². The highest BCUT2D eigenvalue weighted by molar-refractivity contribution is 5.48. The number of aryl methyl sites for hydroxylation is 2. The third-order valence-corrected chi connectivity index (χ3v) is 4.93. The summed E-state index contributed by atoms with van der Waals surface area (Å²) >= 11 is 0. The molecule has 0 radical (unpaired) electrons. The smallest absolute Gasteiger partial charge is 0.228 e. The average Bonchev–Trinajstić information content (AvgIpc) is 3.15. The van der Waals surface area contributed by atoms with Crippen LogP contribution in [0.25, 0.3) is 0 Å². The summed E-state index contributed by atoms with van der Waals surface area (Å²) in [5.74, 6) is 2.92. The Morgan fingerprint density at radius 2 is 1.89 bits per heavy atom. The standard InChI is InChI=1S/C20H25N7/c1-14-12-15(2)24-20(23-14)26-18-5-3-4-17(25-18)16-6-10-27(11-7-16)13-19-21-8-9-22-19/h3-5,8-9,12,16H,6-7,10-11,13H2,1-2H3,(H,21,22)(H,23,24,25,26). The fraction of sp³-hybridized carbons (Fsp3) is 0.400. The van der Waals surface area contributed by atoms with Gasteiger partial charge in [-0.05, 0) is 58.0 Å². The van der Waals surface area contributed by atoms with Gasteiger partial charge in [0.05, 0.1) is 6.54 Å². The first-order valence-corrected chi connectivity index (χ1v) is 9.42. The largest absolute Gasteiger partial charge is 0.348 e. The molecular weight excluding hydrogens is 338 g/mol. The van der Waals surface area contributed by atoms with E-state index < -0.39 is 0 Å². The first kappa shape index (κ1) is 17.6. The van der Waals surface area contributed by atoms with Crippen molar-refractivity contribution in [3.8, 4) is 0 Å². The predicted molar refractivity (Wildman–Crippen MR) is 105 cm³/mol. The van der Waals surface area contributed by atoms with Crippen molar-refractivity contribution in [1.82, 2.24) is 29.8 Å². The summed E-state index contributed by atoms with van der Waals surface area (Å²) in [4.78, 5) is 23.6. The van der Waals surface area contributed by atoms with Crippen molar-refractivity contribution in [3.63, 3.8) is 0 Å². The van der Waals surface area contributed by atoms with Crippen LogP contribution in [0.4, 0.5) is 11.8 Å². The second-order valence-corrected chi connectivity index (χ2v) is 7.13. The molecule has 7 heteroatoms.